The molecule has 98 valence electrons. The number of hydrogen-bond donors (Lipinski definition) is 0. The zero-order valence-electron chi connectivity index (χ0n) is 9.81. The number of nitrogens with zero attached hydrogens (tertiary/aromatic N) is 5. The summed E-state index contributed by atoms with van der Waals surface area (Å²) in [4.78, 5) is 8.20. The standard InChI is InChI=1S/C11H8F3N5/c1-2-6-9-17-18-10(11(12,13)14)19(9)7-4-3-5-15-8(7)16-6/h3-5H,2H2,1H3. The smallest absolute Gasteiger partial charge is 0.266 e. The average Bonchev–Trinajstić information content (AvgIpc) is 2.82. The first-order valence-corrected chi connectivity index (χ1v) is 5.58. The molecule has 0 atom stereocenters. The van der Waals surface area contributed by atoms with Crippen LogP contribution in [0.2, 0.25) is 0 Å². The van der Waals surface area contributed by atoms with E-state index in [9.17, 15) is 13.2 Å². The van der Waals surface area contributed by atoms with E-state index in [4.69, 9.17) is 0 Å². The van der Waals surface area contributed by atoms with Gasteiger partial charge in [-0.1, -0.05) is 6.92 Å². The molecule has 0 amide bonds. The van der Waals surface area contributed by atoms with Gasteiger partial charge in [0.1, 0.15) is 0 Å². The number of hydrogen-bond acceptors (Lipinski definition) is 4. The SMILES string of the molecule is CCc1nc2ncccc2n2c(C(F)(F)F)nnc12. The van der Waals surface area contributed by atoms with Crippen molar-refractivity contribution in [3.63, 3.8) is 0 Å². The summed E-state index contributed by atoms with van der Waals surface area (Å²) >= 11 is 0. The van der Waals surface area contributed by atoms with Gasteiger partial charge in [-0.15, -0.1) is 10.2 Å². The second-order valence-electron chi connectivity index (χ2n) is 3.94. The molecule has 0 saturated carbocycles. The lowest BCUT2D eigenvalue weighted by Gasteiger charge is -2.08. The van der Waals surface area contributed by atoms with Crippen LogP contribution in [-0.4, -0.2) is 24.6 Å². The highest BCUT2D eigenvalue weighted by molar-refractivity contribution is 5.74. The van der Waals surface area contributed by atoms with Gasteiger partial charge in [-0.05, 0) is 18.6 Å². The van der Waals surface area contributed by atoms with Gasteiger partial charge in [-0.25, -0.2) is 9.97 Å². The van der Waals surface area contributed by atoms with Gasteiger partial charge >= 0.3 is 6.18 Å². The highest BCUT2D eigenvalue weighted by Crippen LogP contribution is 2.30. The first kappa shape index (κ1) is 11.8. The van der Waals surface area contributed by atoms with Crippen molar-refractivity contribution in [3.8, 4) is 0 Å². The Hall–Kier alpha value is -2.25. The number of rotatable bonds is 1. The van der Waals surface area contributed by atoms with E-state index in [0.717, 1.165) is 4.40 Å². The largest absolute Gasteiger partial charge is 0.452 e. The minimum atomic E-state index is -4.57. The van der Waals surface area contributed by atoms with Crippen LogP contribution in [0.4, 0.5) is 13.2 Å². The van der Waals surface area contributed by atoms with Crippen molar-refractivity contribution in [3.05, 3.63) is 29.8 Å². The van der Waals surface area contributed by atoms with Crippen LogP contribution in [0, 0.1) is 0 Å². The third kappa shape index (κ3) is 1.71. The molecule has 0 spiro atoms. The van der Waals surface area contributed by atoms with Gasteiger partial charge < -0.3 is 0 Å². The van der Waals surface area contributed by atoms with E-state index in [-0.39, 0.29) is 16.8 Å². The summed E-state index contributed by atoms with van der Waals surface area (Å²) in [5.74, 6) is -1.06. The number of pyridine rings is 1. The number of aromatic nitrogens is 5. The van der Waals surface area contributed by atoms with Crippen LogP contribution in [0.25, 0.3) is 16.8 Å². The van der Waals surface area contributed by atoms with Crippen molar-refractivity contribution in [1.29, 1.82) is 0 Å². The molecule has 5 nitrogen and oxygen atoms in total. The predicted molar refractivity (Wildman–Crippen MR) is 60.5 cm³/mol. The Bertz CT molecular complexity index is 762. The molecule has 0 fully saturated rings. The Labute approximate surface area is 105 Å². The fourth-order valence-corrected chi connectivity index (χ4v) is 1.95. The molecular formula is C11H8F3N5. The second kappa shape index (κ2) is 3.87. The van der Waals surface area contributed by atoms with Crippen molar-refractivity contribution >= 4 is 16.8 Å². The van der Waals surface area contributed by atoms with E-state index in [2.05, 4.69) is 20.2 Å². The van der Waals surface area contributed by atoms with Gasteiger partial charge in [0, 0.05) is 6.20 Å². The molecule has 0 saturated heterocycles. The quantitative estimate of drug-likeness (QED) is 0.678. The fourth-order valence-electron chi connectivity index (χ4n) is 1.95. The molecule has 0 radical (unpaired) electrons. The highest BCUT2D eigenvalue weighted by atomic mass is 19.4. The molecule has 0 aliphatic rings. The summed E-state index contributed by atoms with van der Waals surface area (Å²) in [6, 6.07) is 3.07. The second-order valence-corrected chi connectivity index (χ2v) is 3.94. The minimum absolute atomic E-state index is 0.121. The monoisotopic (exact) mass is 267 g/mol. The summed E-state index contributed by atoms with van der Waals surface area (Å²) in [6.45, 7) is 1.79. The third-order valence-electron chi connectivity index (χ3n) is 2.76. The third-order valence-corrected chi connectivity index (χ3v) is 2.76. The van der Waals surface area contributed by atoms with E-state index in [1.165, 1.54) is 12.3 Å². The van der Waals surface area contributed by atoms with E-state index in [1.807, 2.05) is 0 Å². The number of alkyl halides is 3. The number of halogens is 3. The minimum Gasteiger partial charge on any atom is -0.266 e. The van der Waals surface area contributed by atoms with E-state index >= 15 is 0 Å². The highest BCUT2D eigenvalue weighted by Gasteiger charge is 2.38. The Kier molecular flexibility index (Phi) is 2.41. The van der Waals surface area contributed by atoms with E-state index < -0.39 is 12.0 Å². The molecule has 0 N–H and O–H groups in total. The van der Waals surface area contributed by atoms with E-state index in [0.29, 0.717) is 12.1 Å². The summed E-state index contributed by atoms with van der Waals surface area (Å²) in [6.07, 6.45) is -2.64. The summed E-state index contributed by atoms with van der Waals surface area (Å²) in [5.41, 5.74) is 1.05. The maximum absolute atomic E-state index is 13.0. The maximum atomic E-state index is 13.0. The molecule has 0 aliphatic heterocycles. The molecule has 8 heteroatoms. The van der Waals surface area contributed by atoms with Gasteiger partial charge in [-0.2, -0.15) is 13.2 Å². The van der Waals surface area contributed by atoms with Crippen molar-refractivity contribution in [2.24, 2.45) is 0 Å². The van der Waals surface area contributed by atoms with Gasteiger partial charge in [-0.3, -0.25) is 4.40 Å². The Morgan fingerprint density at radius 1 is 1.26 bits per heavy atom. The lowest BCUT2D eigenvalue weighted by molar-refractivity contribution is -0.145. The normalized spacial score (nSPS) is 12.4. The molecule has 19 heavy (non-hydrogen) atoms. The van der Waals surface area contributed by atoms with Gasteiger partial charge in [0.05, 0.1) is 11.2 Å². The molecule has 0 bridgehead atoms. The Morgan fingerprint density at radius 3 is 2.74 bits per heavy atom. The molecule has 0 aromatic carbocycles. The van der Waals surface area contributed by atoms with E-state index in [1.54, 1.807) is 13.0 Å². The fraction of sp³-hybridized carbons (Fsp3) is 0.273. The average molecular weight is 267 g/mol. The number of aryl methyl sites for hydroxylation is 1. The van der Waals surface area contributed by atoms with Crippen molar-refractivity contribution < 1.29 is 13.2 Å². The van der Waals surface area contributed by atoms with Crippen LogP contribution in [0.3, 0.4) is 0 Å². The molecule has 3 heterocycles. The Balaban J connectivity index is 2.53. The summed E-state index contributed by atoms with van der Waals surface area (Å²) in [7, 11) is 0. The molecule has 0 aliphatic carbocycles. The lowest BCUT2D eigenvalue weighted by Crippen LogP contribution is -2.12. The first-order valence-electron chi connectivity index (χ1n) is 5.58. The molecule has 3 aromatic rings. The lowest BCUT2D eigenvalue weighted by atomic mass is 10.3. The van der Waals surface area contributed by atoms with Gasteiger partial charge in [0.2, 0.25) is 5.82 Å². The van der Waals surface area contributed by atoms with Crippen molar-refractivity contribution in [2.45, 2.75) is 19.5 Å². The van der Waals surface area contributed by atoms with Gasteiger partial charge in [0.15, 0.2) is 11.3 Å². The zero-order chi connectivity index (χ0) is 13.6. The van der Waals surface area contributed by atoms with Crippen LogP contribution < -0.4 is 0 Å². The molecule has 0 unspecified atom stereocenters. The van der Waals surface area contributed by atoms with Gasteiger partial charge in [0.25, 0.3) is 0 Å². The Morgan fingerprint density at radius 2 is 2.05 bits per heavy atom. The molecule has 3 rings (SSSR count). The predicted octanol–water partition coefficient (Wildman–Crippen LogP) is 2.25. The molecular weight excluding hydrogens is 259 g/mol. The van der Waals surface area contributed by atoms with Crippen LogP contribution in [0.15, 0.2) is 18.3 Å². The van der Waals surface area contributed by atoms with Crippen molar-refractivity contribution in [2.75, 3.05) is 0 Å². The molecule has 3 aromatic heterocycles. The first-order chi connectivity index (χ1) is 9.02. The zero-order valence-corrected chi connectivity index (χ0v) is 9.81. The van der Waals surface area contributed by atoms with Crippen LogP contribution in [-0.2, 0) is 12.6 Å². The van der Waals surface area contributed by atoms with Crippen LogP contribution in [0.1, 0.15) is 18.4 Å². The summed E-state index contributed by atoms with van der Waals surface area (Å²) < 4.78 is 39.8. The van der Waals surface area contributed by atoms with Crippen LogP contribution in [0.5, 0.6) is 0 Å². The van der Waals surface area contributed by atoms with Crippen molar-refractivity contribution in [1.82, 2.24) is 24.6 Å². The van der Waals surface area contributed by atoms with Crippen LogP contribution >= 0.6 is 0 Å². The maximum Gasteiger partial charge on any atom is 0.452 e. The summed E-state index contributed by atoms with van der Waals surface area (Å²) in [5, 5.41) is 6.85. The number of fused-ring (bicyclic) bond motifs is 3. The topological polar surface area (TPSA) is 56.0 Å².